The Balaban J connectivity index is 1.45. The first-order valence-corrected chi connectivity index (χ1v) is 8.98. The van der Waals surface area contributed by atoms with Crippen molar-refractivity contribution < 1.29 is 23.1 Å². The van der Waals surface area contributed by atoms with E-state index in [-0.39, 0.29) is 11.7 Å². The monoisotopic (exact) mass is 383 g/mol. The van der Waals surface area contributed by atoms with Gasteiger partial charge >= 0.3 is 0 Å². The molecule has 0 fully saturated rings. The van der Waals surface area contributed by atoms with E-state index in [4.69, 9.17) is 13.9 Å². The third kappa shape index (κ3) is 5.96. The number of ether oxygens (including phenoxy) is 2. The summed E-state index contributed by atoms with van der Waals surface area (Å²) in [7, 11) is 0. The quantitative estimate of drug-likeness (QED) is 0.601. The smallest absolute Gasteiger partial charge is 0.261 e. The minimum atomic E-state index is -0.690. The van der Waals surface area contributed by atoms with Crippen LogP contribution < -0.4 is 10.1 Å². The van der Waals surface area contributed by atoms with Crippen LogP contribution in [0, 0.1) is 5.82 Å². The molecule has 5 nitrogen and oxygen atoms in total. The fraction of sp³-hybridized carbons (Fsp3) is 0.227. The third-order valence-corrected chi connectivity index (χ3v) is 4.05. The summed E-state index contributed by atoms with van der Waals surface area (Å²) in [6.07, 6.45) is 0.924. The number of nitrogens with one attached hydrogen (secondary N) is 1. The van der Waals surface area contributed by atoms with Crippen LogP contribution in [0.3, 0.4) is 0 Å². The summed E-state index contributed by atoms with van der Waals surface area (Å²) in [5, 5.41) is 2.84. The third-order valence-electron chi connectivity index (χ3n) is 4.05. The molecule has 1 heterocycles. The zero-order valence-corrected chi connectivity index (χ0v) is 15.6. The number of hydrogen-bond donors (Lipinski definition) is 1. The predicted molar refractivity (Wildman–Crippen MR) is 102 cm³/mol. The number of rotatable bonds is 9. The van der Waals surface area contributed by atoms with Crippen LogP contribution in [0.4, 0.5) is 4.39 Å². The number of hydrogen-bond acceptors (Lipinski definition) is 4. The lowest BCUT2D eigenvalue weighted by Crippen LogP contribution is -2.35. The van der Waals surface area contributed by atoms with Crippen molar-refractivity contribution in [3.05, 3.63) is 89.6 Å². The highest BCUT2D eigenvalue weighted by Crippen LogP contribution is 2.13. The van der Waals surface area contributed by atoms with Crippen molar-refractivity contribution in [1.29, 1.82) is 0 Å². The van der Waals surface area contributed by atoms with E-state index in [9.17, 15) is 9.18 Å². The molecule has 0 spiro atoms. The van der Waals surface area contributed by atoms with Crippen LogP contribution in [0.25, 0.3) is 0 Å². The second kappa shape index (κ2) is 9.71. The number of benzene rings is 2. The number of furan rings is 1. The van der Waals surface area contributed by atoms with Gasteiger partial charge in [0.15, 0.2) is 6.10 Å². The minimum absolute atomic E-state index is 0.246. The van der Waals surface area contributed by atoms with E-state index in [2.05, 4.69) is 5.32 Å². The van der Waals surface area contributed by atoms with Gasteiger partial charge < -0.3 is 19.2 Å². The van der Waals surface area contributed by atoms with Crippen LogP contribution in [-0.2, 0) is 29.3 Å². The fourth-order valence-corrected chi connectivity index (χ4v) is 2.60. The highest BCUT2D eigenvalue weighted by molar-refractivity contribution is 5.80. The predicted octanol–water partition coefficient (Wildman–Crippen LogP) is 4.22. The Bertz CT molecular complexity index is 878. The van der Waals surface area contributed by atoms with Crippen LogP contribution >= 0.6 is 0 Å². The molecular formula is C22H22FNO4. The van der Waals surface area contributed by atoms with Crippen LogP contribution in [0.2, 0.25) is 0 Å². The molecule has 2 aromatic carbocycles. The van der Waals surface area contributed by atoms with Crippen LogP contribution in [0.15, 0.2) is 71.3 Å². The Hall–Kier alpha value is -3.12. The Morgan fingerprint density at radius 3 is 2.61 bits per heavy atom. The molecule has 3 rings (SSSR count). The highest BCUT2D eigenvalue weighted by atomic mass is 19.1. The topological polar surface area (TPSA) is 60.7 Å². The Labute approximate surface area is 163 Å². The second-order valence-corrected chi connectivity index (χ2v) is 6.32. The van der Waals surface area contributed by atoms with Crippen molar-refractivity contribution in [3.8, 4) is 5.75 Å². The number of carbonyl (C=O) groups is 1. The van der Waals surface area contributed by atoms with Crippen LogP contribution in [-0.4, -0.2) is 12.0 Å². The summed E-state index contributed by atoms with van der Waals surface area (Å²) in [5.74, 6) is 0.625. The first-order chi connectivity index (χ1) is 13.6. The normalized spacial score (nSPS) is 11.8. The maximum Gasteiger partial charge on any atom is 0.261 e. The van der Waals surface area contributed by atoms with Gasteiger partial charge in [0, 0.05) is 6.54 Å². The van der Waals surface area contributed by atoms with E-state index in [0.717, 1.165) is 16.9 Å². The fourth-order valence-electron chi connectivity index (χ4n) is 2.60. The van der Waals surface area contributed by atoms with Gasteiger partial charge in [-0.25, -0.2) is 4.39 Å². The highest BCUT2D eigenvalue weighted by Gasteiger charge is 2.14. The number of amides is 1. The molecule has 0 saturated heterocycles. The Kier molecular flexibility index (Phi) is 6.81. The molecule has 0 saturated carbocycles. The number of carbonyl (C=O) groups excluding carboxylic acids is 1. The van der Waals surface area contributed by atoms with Gasteiger partial charge in [-0.3, -0.25) is 4.79 Å². The molecule has 0 radical (unpaired) electrons. The summed E-state index contributed by atoms with van der Waals surface area (Å²) in [4.78, 5) is 12.2. The van der Waals surface area contributed by atoms with Crippen molar-refractivity contribution >= 4 is 5.91 Å². The molecule has 1 aromatic heterocycles. The van der Waals surface area contributed by atoms with E-state index < -0.39 is 6.10 Å². The maximum absolute atomic E-state index is 12.9. The summed E-state index contributed by atoms with van der Waals surface area (Å²) in [6.45, 7) is 2.89. The van der Waals surface area contributed by atoms with Crippen LogP contribution in [0.5, 0.6) is 5.75 Å². The Morgan fingerprint density at radius 1 is 1.07 bits per heavy atom. The average molecular weight is 383 g/mol. The maximum atomic E-state index is 12.9. The zero-order chi connectivity index (χ0) is 19.8. The van der Waals surface area contributed by atoms with Gasteiger partial charge in [-0.1, -0.05) is 24.3 Å². The van der Waals surface area contributed by atoms with Gasteiger partial charge in [0.2, 0.25) is 0 Å². The van der Waals surface area contributed by atoms with E-state index in [1.807, 2.05) is 36.4 Å². The molecular weight excluding hydrogens is 361 g/mol. The average Bonchev–Trinajstić information content (AvgIpc) is 3.22. The first-order valence-electron chi connectivity index (χ1n) is 8.98. The second-order valence-electron chi connectivity index (χ2n) is 6.32. The van der Waals surface area contributed by atoms with Gasteiger partial charge in [-0.05, 0) is 54.4 Å². The van der Waals surface area contributed by atoms with E-state index in [1.54, 1.807) is 13.2 Å². The largest absolute Gasteiger partial charge is 0.481 e. The molecule has 3 aromatic rings. The van der Waals surface area contributed by atoms with Gasteiger partial charge in [0.25, 0.3) is 5.91 Å². The molecule has 28 heavy (non-hydrogen) atoms. The number of halogens is 1. The lowest BCUT2D eigenvalue weighted by molar-refractivity contribution is -0.127. The van der Waals surface area contributed by atoms with Gasteiger partial charge in [-0.2, -0.15) is 0 Å². The summed E-state index contributed by atoms with van der Waals surface area (Å²) >= 11 is 0. The molecule has 6 heteroatoms. The summed E-state index contributed by atoms with van der Waals surface area (Å²) in [6, 6.07) is 17.0. The molecule has 0 aliphatic rings. The van der Waals surface area contributed by atoms with Gasteiger partial charge in [0.1, 0.15) is 23.9 Å². The minimum Gasteiger partial charge on any atom is -0.481 e. The van der Waals surface area contributed by atoms with Gasteiger partial charge in [-0.15, -0.1) is 0 Å². The SMILES string of the molecule is CC(Oc1ccc(F)cc1)C(=O)NCc1cccc(COCc2ccco2)c1. The van der Waals surface area contributed by atoms with E-state index >= 15 is 0 Å². The van der Waals surface area contributed by atoms with Crippen molar-refractivity contribution in [3.63, 3.8) is 0 Å². The lowest BCUT2D eigenvalue weighted by atomic mass is 10.1. The first kappa shape index (κ1) is 19.6. The molecule has 1 unspecified atom stereocenters. The van der Waals surface area contributed by atoms with Crippen molar-refractivity contribution in [2.75, 3.05) is 0 Å². The standard InChI is InChI=1S/C22H22FNO4/c1-16(28-20-9-7-19(23)8-10-20)22(25)24-13-17-4-2-5-18(12-17)14-26-15-21-6-3-11-27-21/h2-12,16H,13-15H2,1H3,(H,24,25). The molecule has 1 atom stereocenters. The zero-order valence-electron chi connectivity index (χ0n) is 15.6. The van der Waals surface area contributed by atoms with E-state index in [0.29, 0.717) is 25.5 Å². The van der Waals surface area contributed by atoms with Crippen LogP contribution in [0.1, 0.15) is 23.8 Å². The molecule has 0 aliphatic carbocycles. The lowest BCUT2D eigenvalue weighted by Gasteiger charge is -2.15. The summed E-state index contributed by atoms with van der Waals surface area (Å²) in [5.41, 5.74) is 1.97. The Morgan fingerprint density at radius 2 is 1.86 bits per heavy atom. The molecule has 0 aliphatic heterocycles. The summed E-state index contributed by atoms with van der Waals surface area (Å²) < 4.78 is 29.3. The molecule has 0 bridgehead atoms. The molecule has 1 N–H and O–H groups in total. The molecule has 146 valence electrons. The molecule has 1 amide bonds. The van der Waals surface area contributed by atoms with E-state index in [1.165, 1.54) is 24.3 Å². The van der Waals surface area contributed by atoms with Crippen molar-refractivity contribution in [1.82, 2.24) is 5.32 Å². The van der Waals surface area contributed by atoms with Crippen molar-refractivity contribution in [2.24, 2.45) is 0 Å². The van der Waals surface area contributed by atoms with Gasteiger partial charge in [0.05, 0.1) is 12.9 Å². The van der Waals surface area contributed by atoms with Crippen molar-refractivity contribution in [2.45, 2.75) is 32.8 Å².